The van der Waals surface area contributed by atoms with Crippen LogP contribution in [-0.2, 0) is 10.8 Å². The maximum absolute atomic E-state index is 5.94. The normalized spacial score (nSPS) is 18.5. The summed E-state index contributed by atoms with van der Waals surface area (Å²) in [7, 11) is 2.18. The van der Waals surface area contributed by atoms with E-state index in [2.05, 4.69) is 160 Å². The zero-order chi connectivity index (χ0) is 29.5. The van der Waals surface area contributed by atoms with E-state index in [1.807, 2.05) is 0 Å². The van der Waals surface area contributed by atoms with E-state index in [-0.39, 0.29) is 10.8 Å². The van der Waals surface area contributed by atoms with E-state index in [4.69, 9.17) is 5.73 Å². The lowest BCUT2D eigenvalue weighted by Crippen LogP contribution is -2.28. The molecule has 2 heterocycles. The van der Waals surface area contributed by atoms with Crippen molar-refractivity contribution in [3.8, 4) is 0 Å². The number of benzene rings is 4. The van der Waals surface area contributed by atoms with Crippen molar-refractivity contribution in [2.45, 2.75) is 44.9 Å². The van der Waals surface area contributed by atoms with Crippen molar-refractivity contribution < 1.29 is 4.58 Å². The topological polar surface area (TPSA) is 32.3 Å². The van der Waals surface area contributed by atoms with Gasteiger partial charge in [0.2, 0.25) is 5.69 Å². The van der Waals surface area contributed by atoms with Gasteiger partial charge in [0, 0.05) is 41.1 Å². The lowest BCUT2D eigenvalue weighted by atomic mass is 9.79. The van der Waals surface area contributed by atoms with Crippen LogP contribution in [0.15, 0.2) is 121 Å². The summed E-state index contributed by atoms with van der Waals surface area (Å²) in [4.78, 5) is 2.47. The second-order valence-corrected chi connectivity index (χ2v) is 12.5. The summed E-state index contributed by atoms with van der Waals surface area (Å²) in [6, 6.07) is 26.5. The van der Waals surface area contributed by atoms with Crippen LogP contribution in [0.2, 0.25) is 0 Å². The van der Waals surface area contributed by atoms with E-state index in [1.54, 1.807) is 0 Å². The molecule has 2 aliphatic heterocycles. The SMILES string of the molecule is C[N+]1=C(/C=C/C=C/C=C/C=C2\N(CCCN)c3ccc4ccccc4c3C2(C)C)C(C)(C)c2c1ccc1ccccc21. The van der Waals surface area contributed by atoms with E-state index in [1.165, 1.54) is 55.5 Å². The summed E-state index contributed by atoms with van der Waals surface area (Å²) in [5.74, 6) is 0. The Bertz CT molecular complexity index is 1830. The smallest absolute Gasteiger partial charge is 0.210 e. The van der Waals surface area contributed by atoms with E-state index in [9.17, 15) is 0 Å². The second-order valence-electron chi connectivity index (χ2n) is 12.5. The Balaban J connectivity index is 1.24. The second kappa shape index (κ2) is 10.9. The van der Waals surface area contributed by atoms with Crippen LogP contribution in [0.5, 0.6) is 0 Å². The molecule has 0 aromatic heterocycles. The van der Waals surface area contributed by atoms with Crippen LogP contribution >= 0.6 is 0 Å². The number of fused-ring (bicyclic) bond motifs is 6. The maximum atomic E-state index is 5.94. The summed E-state index contributed by atoms with van der Waals surface area (Å²) >= 11 is 0. The largest absolute Gasteiger partial charge is 0.344 e. The van der Waals surface area contributed by atoms with E-state index in [0.717, 1.165) is 13.0 Å². The lowest BCUT2D eigenvalue weighted by Gasteiger charge is -2.27. The summed E-state index contributed by atoms with van der Waals surface area (Å²) < 4.78 is 2.34. The van der Waals surface area contributed by atoms with Gasteiger partial charge in [0.1, 0.15) is 7.05 Å². The van der Waals surface area contributed by atoms with E-state index >= 15 is 0 Å². The van der Waals surface area contributed by atoms with Gasteiger partial charge in [-0.2, -0.15) is 4.58 Å². The Labute approximate surface area is 250 Å². The summed E-state index contributed by atoms with van der Waals surface area (Å²) in [5, 5.41) is 5.26. The van der Waals surface area contributed by atoms with Gasteiger partial charge in [-0.1, -0.05) is 98.8 Å². The number of hydrogen-bond donors (Lipinski definition) is 1. The quantitative estimate of drug-likeness (QED) is 0.184. The van der Waals surface area contributed by atoms with Crippen LogP contribution in [0, 0.1) is 0 Å². The molecule has 3 heteroatoms. The van der Waals surface area contributed by atoms with Crippen LogP contribution in [0.3, 0.4) is 0 Å². The first-order chi connectivity index (χ1) is 20.3. The van der Waals surface area contributed by atoms with E-state index in [0.29, 0.717) is 6.54 Å². The minimum Gasteiger partial charge on any atom is -0.344 e. The molecule has 6 rings (SSSR count). The number of allylic oxidation sites excluding steroid dienone is 8. The third kappa shape index (κ3) is 4.53. The van der Waals surface area contributed by atoms with Crippen LogP contribution in [-0.4, -0.2) is 30.4 Å². The highest BCUT2D eigenvalue weighted by molar-refractivity contribution is 6.07. The lowest BCUT2D eigenvalue weighted by molar-refractivity contribution is -0.401. The van der Waals surface area contributed by atoms with Crippen LogP contribution in [0.25, 0.3) is 21.5 Å². The molecule has 0 radical (unpaired) electrons. The fraction of sp³-hybridized carbons (Fsp3) is 0.256. The molecular weight excluding hydrogens is 510 g/mol. The molecule has 4 aromatic rings. The first-order valence-corrected chi connectivity index (χ1v) is 15.1. The number of nitrogens with zero attached hydrogens (tertiary/aromatic N) is 2. The van der Waals surface area contributed by atoms with Gasteiger partial charge in [-0.15, -0.1) is 0 Å². The van der Waals surface area contributed by atoms with Crippen molar-refractivity contribution in [1.82, 2.24) is 0 Å². The van der Waals surface area contributed by atoms with Gasteiger partial charge in [-0.05, 0) is 72.1 Å². The Morgan fingerprint density at radius 1 is 0.714 bits per heavy atom. The number of nitrogens with two attached hydrogens (primary N) is 1. The molecule has 0 spiro atoms. The molecule has 0 bridgehead atoms. The van der Waals surface area contributed by atoms with Gasteiger partial charge in [0.25, 0.3) is 0 Å². The molecule has 0 saturated carbocycles. The third-order valence-electron chi connectivity index (χ3n) is 9.19. The van der Waals surface area contributed by atoms with Crippen molar-refractivity contribution in [1.29, 1.82) is 0 Å². The van der Waals surface area contributed by atoms with Crippen molar-refractivity contribution >= 4 is 38.6 Å². The van der Waals surface area contributed by atoms with Crippen molar-refractivity contribution in [3.05, 3.63) is 132 Å². The van der Waals surface area contributed by atoms with Crippen LogP contribution in [0.1, 0.15) is 45.2 Å². The van der Waals surface area contributed by atoms with Crippen molar-refractivity contribution in [2.24, 2.45) is 5.73 Å². The standard InChI is InChI=1S/C39H42N3/c1-38(2)34(41(5)32-24-22-28-16-11-13-18-30(28)36(32)38)20-9-7-6-8-10-21-35-39(3,4)37-31-19-14-12-17-29(31)23-25-33(37)42(35)27-15-26-40/h6-14,16-25H,15,26-27,40H2,1-5H3/q+1. The predicted octanol–water partition coefficient (Wildman–Crippen LogP) is 8.70. The van der Waals surface area contributed by atoms with Gasteiger partial charge in [0.05, 0.1) is 5.41 Å². The first kappa shape index (κ1) is 27.9. The minimum atomic E-state index is -0.104. The highest BCUT2D eigenvalue weighted by atomic mass is 15.2. The molecule has 42 heavy (non-hydrogen) atoms. The Morgan fingerprint density at radius 3 is 2.05 bits per heavy atom. The fourth-order valence-electron chi connectivity index (χ4n) is 7.21. The number of rotatable bonds is 7. The minimum absolute atomic E-state index is 0.0736. The van der Waals surface area contributed by atoms with Crippen molar-refractivity contribution in [2.75, 3.05) is 25.0 Å². The Morgan fingerprint density at radius 2 is 1.33 bits per heavy atom. The average molecular weight is 553 g/mol. The van der Waals surface area contributed by atoms with Crippen molar-refractivity contribution in [3.63, 3.8) is 0 Å². The zero-order valence-electron chi connectivity index (χ0n) is 25.6. The third-order valence-corrected chi connectivity index (χ3v) is 9.19. The highest BCUT2D eigenvalue weighted by Gasteiger charge is 2.44. The number of anilines is 1. The molecule has 2 aliphatic rings. The van der Waals surface area contributed by atoms with Gasteiger partial charge < -0.3 is 10.6 Å². The Kier molecular flexibility index (Phi) is 7.24. The molecule has 0 unspecified atom stereocenters. The summed E-state index contributed by atoms with van der Waals surface area (Å²) in [6.45, 7) is 11.0. The van der Waals surface area contributed by atoms with E-state index < -0.39 is 0 Å². The fourth-order valence-corrected chi connectivity index (χ4v) is 7.21. The molecule has 0 atom stereocenters. The van der Waals surface area contributed by atoms with Crippen LogP contribution < -0.4 is 10.6 Å². The van der Waals surface area contributed by atoms with Gasteiger partial charge in [-0.25, -0.2) is 0 Å². The average Bonchev–Trinajstić information content (AvgIpc) is 3.33. The zero-order valence-corrected chi connectivity index (χ0v) is 25.6. The number of hydrogen-bond acceptors (Lipinski definition) is 2. The van der Waals surface area contributed by atoms with Crippen LogP contribution in [0.4, 0.5) is 11.4 Å². The molecule has 0 amide bonds. The maximum Gasteiger partial charge on any atom is 0.210 e. The summed E-state index contributed by atoms with van der Waals surface area (Å²) in [6.07, 6.45) is 16.2. The molecule has 212 valence electrons. The molecule has 0 saturated heterocycles. The molecule has 2 N–H and O–H groups in total. The van der Waals surface area contributed by atoms with Gasteiger partial charge >= 0.3 is 0 Å². The molecular formula is C39H42N3+. The van der Waals surface area contributed by atoms with Gasteiger partial charge in [0.15, 0.2) is 5.71 Å². The monoisotopic (exact) mass is 552 g/mol. The summed E-state index contributed by atoms with van der Waals surface area (Å²) in [5.41, 5.74) is 13.8. The molecule has 4 aromatic carbocycles. The van der Waals surface area contributed by atoms with Gasteiger partial charge in [-0.3, -0.25) is 0 Å². The first-order valence-electron chi connectivity index (χ1n) is 15.1. The highest BCUT2D eigenvalue weighted by Crippen LogP contribution is 2.50. The predicted molar refractivity (Wildman–Crippen MR) is 181 cm³/mol. The molecule has 0 aliphatic carbocycles. The molecule has 3 nitrogen and oxygen atoms in total. The molecule has 0 fully saturated rings. The Hall–Kier alpha value is -4.21.